The van der Waals surface area contributed by atoms with E-state index in [1.807, 2.05) is 0 Å². The lowest BCUT2D eigenvalue weighted by Gasteiger charge is -2.16. The van der Waals surface area contributed by atoms with E-state index in [4.69, 9.17) is 5.11 Å². The van der Waals surface area contributed by atoms with E-state index in [2.05, 4.69) is 5.32 Å². The number of hydrogen-bond donors (Lipinski definition) is 2. The lowest BCUT2D eigenvalue weighted by Crippen LogP contribution is -2.44. The van der Waals surface area contributed by atoms with Crippen LogP contribution in [-0.2, 0) is 16.0 Å². The highest BCUT2D eigenvalue weighted by molar-refractivity contribution is 5.84. The molecule has 0 unspecified atom stereocenters. The molecule has 0 spiro atoms. The maximum Gasteiger partial charge on any atom is 0.326 e. The second-order valence-electron chi connectivity index (χ2n) is 4.38. The van der Waals surface area contributed by atoms with Crippen LogP contribution in [0.4, 0.5) is 4.39 Å². The van der Waals surface area contributed by atoms with Gasteiger partial charge in [-0.2, -0.15) is 0 Å². The molecule has 1 rings (SSSR count). The molecule has 0 saturated heterocycles. The van der Waals surface area contributed by atoms with Crippen LogP contribution in [0.5, 0.6) is 0 Å². The van der Waals surface area contributed by atoms with Crippen LogP contribution < -0.4 is 5.32 Å². The number of carbonyl (C=O) groups is 2. The third-order valence-electron chi connectivity index (χ3n) is 2.49. The Balaban J connectivity index is 2.72. The predicted octanol–water partition coefficient (Wildman–Crippen LogP) is 1.59. The molecule has 0 heterocycles. The first kappa shape index (κ1) is 14.2. The fourth-order valence-electron chi connectivity index (χ4n) is 1.39. The van der Waals surface area contributed by atoms with Crippen molar-refractivity contribution in [1.29, 1.82) is 0 Å². The third kappa shape index (κ3) is 4.16. The Hall–Kier alpha value is -1.91. The van der Waals surface area contributed by atoms with E-state index in [-0.39, 0.29) is 24.1 Å². The molecule has 98 valence electrons. The van der Waals surface area contributed by atoms with Crippen LogP contribution >= 0.6 is 0 Å². The molecule has 1 atom stereocenters. The largest absolute Gasteiger partial charge is 0.480 e. The van der Waals surface area contributed by atoms with Crippen LogP contribution in [0.1, 0.15) is 19.4 Å². The van der Waals surface area contributed by atoms with E-state index in [0.717, 1.165) is 0 Å². The van der Waals surface area contributed by atoms with E-state index >= 15 is 0 Å². The normalized spacial score (nSPS) is 12.2. The van der Waals surface area contributed by atoms with Gasteiger partial charge in [-0.05, 0) is 17.7 Å². The molecule has 1 aromatic carbocycles. The van der Waals surface area contributed by atoms with Crippen molar-refractivity contribution >= 4 is 11.9 Å². The highest BCUT2D eigenvalue weighted by atomic mass is 19.1. The summed E-state index contributed by atoms with van der Waals surface area (Å²) in [5.74, 6) is -2.07. The van der Waals surface area contributed by atoms with Crippen LogP contribution in [0.15, 0.2) is 24.3 Å². The van der Waals surface area contributed by atoms with Crippen molar-refractivity contribution in [3.05, 3.63) is 35.6 Å². The summed E-state index contributed by atoms with van der Waals surface area (Å²) in [5.41, 5.74) is 0.660. The van der Waals surface area contributed by atoms with Gasteiger partial charge in [0.05, 0.1) is 0 Å². The summed E-state index contributed by atoms with van der Waals surface area (Å²) in [6.45, 7) is 3.37. The quantitative estimate of drug-likeness (QED) is 0.837. The van der Waals surface area contributed by atoms with Crippen molar-refractivity contribution in [3.8, 4) is 0 Å². The van der Waals surface area contributed by atoms with Gasteiger partial charge in [0.2, 0.25) is 5.91 Å². The van der Waals surface area contributed by atoms with E-state index < -0.39 is 12.0 Å². The summed E-state index contributed by atoms with van der Waals surface area (Å²) in [5, 5.41) is 11.5. The van der Waals surface area contributed by atoms with Crippen LogP contribution in [0.2, 0.25) is 0 Å². The zero-order chi connectivity index (χ0) is 13.7. The Morgan fingerprint density at radius 1 is 1.28 bits per heavy atom. The van der Waals surface area contributed by atoms with Gasteiger partial charge >= 0.3 is 5.97 Å². The van der Waals surface area contributed by atoms with E-state index in [0.29, 0.717) is 5.56 Å². The number of benzene rings is 1. The van der Waals surface area contributed by atoms with Gasteiger partial charge in [0, 0.05) is 12.3 Å². The summed E-state index contributed by atoms with van der Waals surface area (Å²) in [6, 6.07) is 4.54. The standard InChI is InChI=1S/C13H16FNO3/c1-8(2)12(16)15-11(13(17)18)7-9-3-5-10(14)6-4-9/h3-6,8,11H,7H2,1-2H3,(H,15,16)(H,17,18)/t11-/m0/s1. The van der Waals surface area contributed by atoms with Crippen molar-refractivity contribution in [2.24, 2.45) is 5.92 Å². The molecule has 0 aliphatic carbocycles. The molecule has 0 fully saturated rings. The smallest absolute Gasteiger partial charge is 0.326 e. The maximum absolute atomic E-state index is 12.7. The third-order valence-corrected chi connectivity index (χ3v) is 2.49. The summed E-state index contributed by atoms with van der Waals surface area (Å²) in [4.78, 5) is 22.5. The molecule has 5 heteroatoms. The van der Waals surface area contributed by atoms with Crippen molar-refractivity contribution in [2.45, 2.75) is 26.3 Å². The van der Waals surface area contributed by atoms with Crippen LogP contribution in [-0.4, -0.2) is 23.0 Å². The second kappa shape index (κ2) is 6.14. The van der Waals surface area contributed by atoms with Gasteiger partial charge in [-0.1, -0.05) is 26.0 Å². The van der Waals surface area contributed by atoms with Crippen LogP contribution in [0, 0.1) is 11.7 Å². The number of aliphatic carboxylic acids is 1. The molecule has 4 nitrogen and oxygen atoms in total. The Kier molecular flexibility index (Phi) is 4.83. The molecule has 0 aliphatic heterocycles. The molecular weight excluding hydrogens is 237 g/mol. The lowest BCUT2D eigenvalue weighted by atomic mass is 10.0. The van der Waals surface area contributed by atoms with Gasteiger partial charge in [-0.15, -0.1) is 0 Å². The van der Waals surface area contributed by atoms with Gasteiger partial charge in [0.1, 0.15) is 11.9 Å². The maximum atomic E-state index is 12.7. The van der Waals surface area contributed by atoms with Crippen LogP contribution in [0.25, 0.3) is 0 Å². The molecule has 1 amide bonds. The van der Waals surface area contributed by atoms with Gasteiger partial charge in [-0.25, -0.2) is 9.18 Å². The zero-order valence-electron chi connectivity index (χ0n) is 10.3. The average Bonchev–Trinajstić information content (AvgIpc) is 2.30. The monoisotopic (exact) mass is 253 g/mol. The highest BCUT2D eigenvalue weighted by Crippen LogP contribution is 2.07. The molecule has 0 radical (unpaired) electrons. The van der Waals surface area contributed by atoms with Crippen molar-refractivity contribution in [2.75, 3.05) is 0 Å². The first-order valence-electron chi connectivity index (χ1n) is 5.67. The van der Waals surface area contributed by atoms with Gasteiger partial charge in [0.25, 0.3) is 0 Å². The SMILES string of the molecule is CC(C)C(=O)N[C@@H](Cc1ccc(F)cc1)C(=O)O. The highest BCUT2D eigenvalue weighted by Gasteiger charge is 2.21. The molecule has 2 N–H and O–H groups in total. The van der Waals surface area contributed by atoms with Gasteiger partial charge in [-0.3, -0.25) is 4.79 Å². The molecular formula is C13H16FNO3. The number of rotatable bonds is 5. The van der Waals surface area contributed by atoms with Gasteiger partial charge < -0.3 is 10.4 Å². The Labute approximate surface area is 105 Å². The number of carboxylic acids is 1. The first-order chi connectivity index (χ1) is 8.40. The Morgan fingerprint density at radius 2 is 1.83 bits per heavy atom. The second-order valence-corrected chi connectivity index (χ2v) is 4.38. The van der Waals surface area contributed by atoms with Gasteiger partial charge in [0.15, 0.2) is 0 Å². The number of carboxylic acid groups (broad SMARTS) is 1. The minimum atomic E-state index is -1.10. The first-order valence-corrected chi connectivity index (χ1v) is 5.67. The molecule has 0 saturated carbocycles. The van der Waals surface area contributed by atoms with E-state index in [1.165, 1.54) is 24.3 Å². The van der Waals surface area contributed by atoms with Crippen molar-refractivity contribution in [3.63, 3.8) is 0 Å². The van der Waals surface area contributed by atoms with Crippen LogP contribution in [0.3, 0.4) is 0 Å². The predicted molar refractivity (Wildman–Crippen MR) is 64.5 cm³/mol. The molecule has 0 aromatic heterocycles. The average molecular weight is 253 g/mol. The summed E-state index contributed by atoms with van der Waals surface area (Å²) < 4.78 is 12.7. The Bertz CT molecular complexity index is 428. The number of nitrogens with one attached hydrogen (secondary N) is 1. The van der Waals surface area contributed by atoms with E-state index in [9.17, 15) is 14.0 Å². The number of hydrogen-bond acceptors (Lipinski definition) is 2. The summed E-state index contributed by atoms with van der Waals surface area (Å²) in [7, 11) is 0. The Morgan fingerprint density at radius 3 is 2.28 bits per heavy atom. The number of amides is 1. The van der Waals surface area contributed by atoms with Crippen molar-refractivity contribution < 1.29 is 19.1 Å². The molecule has 18 heavy (non-hydrogen) atoms. The minimum Gasteiger partial charge on any atom is -0.480 e. The molecule has 0 aliphatic rings. The van der Waals surface area contributed by atoms with Crippen molar-refractivity contribution in [1.82, 2.24) is 5.32 Å². The number of carbonyl (C=O) groups excluding carboxylic acids is 1. The van der Waals surface area contributed by atoms with E-state index in [1.54, 1.807) is 13.8 Å². The lowest BCUT2D eigenvalue weighted by molar-refractivity contribution is -0.142. The fraction of sp³-hybridized carbons (Fsp3) is 0.385. The minimum absolute atomic E-state index is 0.133. The summed E-state index contributed by atoms with van der Waals surface area (Å²) in [6.07, 6.45) is 0.133. The fourth-order valence-corrected chi connectivity index (χ4v) is 1.39. The zero-order valence-corrected chi connectivity index (χ0v) is 10.3. The number of halogens is 1. The summed E-state index contributed by atoms with van der Waals surface area (Å²) >= 11 is 0. The molecule has 1 aromatic rings. The molecule has 0 bridgehead atoms. The topological polar surface area (TPSA) is 66.4 Å².